The van der Waals surface area contributed by atoms with Crippen molar-refractivity contribution in [2.75, 3.05) is 6.54 Å². The van der Waals surface area contributed by atoms with E-state index in [0.29, 0.717) is 5.56 Å². The Labute approximate surface area is 106 Å². The molecule has 18 heavy (non-hydrogen) atoms. The summed E-state index contributed by atoms with van der Waals surface area (Å²) in [5, 5.41) is 9.39. The van der Waals surface area contributed by atoms with Crippen molar-refractivity contribution >= 4 is 5.78 Å². The standard InChI is InChI=1S/C15H15NO2/c16-10-14(17)15(18)13-8-6-12(7-9-13)11-4-2-1-3-5-11/h1-9,14,17H,10,16H2. The van der Waals surface area contributed by atoms with Crippen LogP contribution in [-0.2, 0) is 0 Å². The van der Waals surface area contributed by atoms with Crippen molar-refractivity contribution < 1.29 is 9.90 Å². The van der Waals surface area contributed by atoms with E-state index in [1.807, 2.05) is 42.5 Å². The highest BCUT2D eigenvalue weighted by Gasteiger charge is 2.14. The van der Waals surface area contributed by atoms with Crippen molar-refractivity contribution in [1.82, 2.24) is 0 Å². The molecule has 3 N–H and O–H groups in total. The summed E-state index contributed by atoms with van der Waals surface area (Å²) < 4.78 is 0. The predicted octanol–water partition coefficient (Wildman–Crippen LogP) is 1.86. The van der Waals surface area contributed by atoms with E-state index in [-0.39, 0.29) is 12.3 Å². The predicted molar refractivity (Wildman–Crippen MR) is 71.3 cm³/mol. The van der Waals surface area contributed by atoms with Crippen LogP contribution in [0.3, 0.4) is 0 Å². The molecule has 92 valence electrons. The summed E-state index contributed by atoms with van der Waals surface area (Å²) in [6.45, 7) is -0.0563. The number of rotatable bonds is 4. The minimum atomic E-state index is -1.12. The van der Waals surface area contributed by atoms with E-state index in [9.17, 15) is 9.90 Å². The van der Waals surface area contributed by atoms with Crippen LogP contribution in [-0.4, -0.2) is 23.5 Å². The van der Waals surface area contributed by atoms with Crippen LogP contribution >= 0.6 is 0 Å². The Morgan fingerprint density at radius 3 is 2.11 bits per heavy atom. The highest BCUT2D eigenvalue weighted by Crippen LogP contribution is 2.19. The molecular weight excluding hydrogens is 226 g/mol. The average Bonchev–Trinajstić information content (AvgIpc) is 2.47. The van der Waals surface area contributed by atoms with Crippen LogP contribution in [0, 0.1) is 0 Å². The van der Waals surface area contributed by atoms with Gasteiger partial charge in [0.2, 0.25) is 0 Å². The zero-order valence-electron chi connectivity index (χ0n) is 9.91. The highest BCUT2D eigenvalue weighted by molar-refractivity contribution is 5.99. The zero-order valence-corrected chi connectivity index (χ0v) is 9.91. The van der Waals surface area contributed by atoms with Gasteiger partial charge in [0.1, 0.15) is 6.10 Å². The Hall–Kier alpha value is -1.97. The first-order valence-corrected chi connectivity index (χ1v) is 5.80. The molecule has 3 nitrogen and oxygen atoms in total. The second kappa shape index (κ2) is 5.58. The molecule has 2 rings (SSSR count). The number of benzene rings is 2. The summed E-state index contributed by atoms with van der Waals surface area (Å²) in [6, 6.07) is 17.1. The Morgan fingerprint density at radius 2 is 1.56 bits per heavy atom. The van der Waals surface area contributed by atoms with Gasteiger partial charge in [-0.1, -0.05) is 54.6 Å². The lowest BCUT2D eigenvalue weighted by atomic mass is 10.0. The lowest BCUT2D eigenvalue weighted by Crippen LogP contribution is -2.29. The Morgan fingerprint density at radius 1 is 1.00 bits per heavy atom. The molecule has 2 aromatic carbocycles. The third-order valence-electron chi connectivity index (χ3n) is 2.80. The lowest BCUT2D eigenvalue weighted by molar-refractivity contribution is 0.0763. The summed E-state index contributed by atoms with van der Waals surface area (Å²) in [6.07, 6.45) is -1.12. The summed E-state index contributed by atoms with van der Waals surface area (Å²) >= 11 is 0. The Bertz CT molecular complexity index is 520. The van der Waals surface area contributed by atoms with Gasteiger partial charge >= 0.3 is 0 Å². The first-order valence-electron chi connectivity index (χ1n) is 5.80. The average molecular weight is 241 g/mol. The lowest BCUT2D eigenvalue weighted by Gasteiger charge is -2.07. The van der Waals surface area contributed by atoms with Crippen LogP contribution in [0.15, 0.2) is 54.6 Å². The smallest absolute Gasteiger partial charge is 0.192 e. The van der Waals surface area contributed by atoms with Gasteiger partial charge in [-0.25, -0.2) is 0 Å². The molecule has 0 radical (unpaired) electrons. The van der Waals surface area contributed by atoms with Crippen LogP contribution < -0.4 is 5.73 Å². The Balaban J connectivity index is 2.23. The number of Topliss-reactive ketones (excluding diaryl/α,β-unsaturated/α-hetero) is 1. The van der Waals surface area contributed by atoms with E-state index in [4.69, 9.17) is 5.73 Å². The summed E-state index contributed by atoms with van der Waals surface area (Å²) in [7, 11) is 0. The number of hydrogen-bond donors (Lipinski definition) is 2. The molecule has 0 aliphatic heterocycles. The molecule has 0 spiro atoms. The molecule has 0 aliphatic rings. The second-order valence-corrected chi connectivity index (χ2v) is 4.06. The van der Waals surface area contributed by atoms with Gasteiger partial charge in [-0.15, -0.1) is 0 Å². The molecule has 0 saturated carbocycles. The van der Waals surface area contributed by atoms with E-state index in [0.717, 1.165) is 11.1 Å². The fourth-order valence-electron chi connectivity index (χ4n) is 1.76. The van der Waals surface area contributed by atoms with E-state index in [1.54, 1.807) is 12.1 Å². The molecule has 0 fully saturated rings. The Kier molecular flexibility index (Phi) is 3.87. The number of carbonyl (C=O) groups is 1. The maximum atomic E-state index is 11.7. The van der Waals surface area contributed by atoms with Crippen LogP contribution in [0.1, 0.15) is 10.4 Å². The number of nitrogens with two attached hydrogens (primary N) is 1. The van der Waals surface area contributed by atoms with Crippen LogP contribution in [0.4, 0.5) is 0 Å². The molecule has 1 unspecified atom stereocenters. The molecule has 3 heteroatoms. The van der Waals surface area contributed by atoms with Crippen molar-refractivity contribution in [2.45, 2.75) is 6.10 Å². The van der Waals surface area contributed by atoms with Crippen molar-refractivity contribution in [2.24, 2.45) is 5.73 Å². The fraction of sp³-hybridized carbons (Fsp3) is 0.133. The van der Waals surface area contributed by atoms with Gasteiger partial charge in [0, 0.05) is 12.1 Å². The van der Waals surface area contributed by atoms with Crippen molar-refractivity contribution in [3.05, 3.63) is 60.2 Å². The van der Waals surface area contributed by atoms with Crippen LogP contribution in [0.5, 0.6) is 0 Å². The largest absolute Gasteiger partial charge is 0.384 e. The molecule has 0 aliphatic carbocycles. The topological polar surface area (TPSA) is 63.3 Å². The zero-order chi connectivity index (χ0) is 13.0. The molecule has 0 amide bonds. The molecule has 2 aromatic rings. The normalized spacial score (nSPS) is 12.1. The number of aliphatic hydroxyl groups excluding tert-OH is 1. The fourth-order valence-corrected chi connectivity index (χ4v) is 1.76. The van der Waals surface area contributed by atoms with E-state index < -0.39 is 6.10 Å². The number of carbonyl (C=O) groups excluding carboxylic acids is 1. The first-order chi connectivity index (χ1) is 8.72. The van der Waals surface area contributed by atoms with Crippen LogP contribution in [0.2, 0.25) is 0 Å². The van der Waals surface area contributed by atoms with Gasteiger partial charge in [-0.05, 0) is 11.1 Å². The quantitative estimate of drug-likeness (QED) is 0.803. The molecule has 0 bridgehead atoms. The van der Waals surface area contributed by atoms with Crippen LogP contribution in [0.25, 0.3) is 11.1 Å². The van der Waals surface area contributed by atoms with Gasteiger partial charge in [-0.3, -0.25) is 4.79 Å². The molecular formula is C15H15NO2. The maximum absolute atomic E-state index is 11.7. The highest BCUT2D eigenvalue weighted by atomic mass is 16.3. The number of ketones is 1. The van der Waals surface area contributed by atoms with E-state index in [1.165, 1.54) is 0 Å². The third-order valence-corrected chi connectivity index (χ3v) is 2.80. The summed E-state index contributed by atoms with van der Waals surface area (Å²) in [5.41, 5.74) is 7.87. The summed E-state index contributed by atoms with van der Waals surface area (Å²) in [4.78, 5) is 11.7. The first kappa shape index (κ1) is 12.5. The number of aliphatic hydroxyl groups is 1. The summed E-state index contributed by atoms with van der Waals surface area (Å²) in [5.74, 6) is -0.336. The molecule has 0 aromatic heterocycles. The molecule has 1 atom stereocenters. The van der Waals surface area contributed by atoms with Gasteiger partial charge in [0.15, 0.2) is 5.78 Å². The van der Waals surface area contributed by atoms with Crippen molar-refractivity contribution in [3.63, 3.8) is 0 Å². The van der Waals surface area contributed by atoms with Crippen molar-refractivity contribution in [3.8, 4) is 11.1 Å². The maximum Gasteiger partial charge on any atom is 0.192 e. The minimum absolute atomic E-state index is 0.0563. The SMILES string of the molecule is NCC(O)C(=O)c1ccc(-c2ccccc2)cc1. The number of hydrogen-bond acceptors (Lipinski definition) is 3. The van der Waals surface area contributed by atoms with Crippen molar-refractivity contribution in [1.29, 1.82) is 0 Å². The second-order valence-electron chi connectivity index (χ2n) is 4.06. The van der Waals surface area contributed by atoms with Gasteiger partial charge < -0.3 is 10.8 Å². The molecule has 0 heterocycles. The van der Waals surface area contributed by atoms with E-state index in [2.05, 4.69) is 0 Å². The van der Waals surface area contributed by atoms with Gasteiger partial charge in [0.05, 0.1) is 0 Å². The monoisotopic (exact) mass is 241 g/mol. The van der Waals surface area contributed by atoms with Gasteiger partial charge in [-0.2, -0.15) is 0 Å². The van der Waals surface area contributed by atoms with Gasteiger partial charge in [0.25, 0.3) is 0 Å². The minimum Gasteiger partial charge on any atom is -0.384 e. The third kappa shape index (κ3) is 2.64. The molecule has 0 saturated heterocycles. The van der Waals surface area contributed by atoms with E-state index >= 15 is 0 Å².